The lowest BCUT2D eigenvalue weighted by molar-refractivity contribution is -0.219. The molecule has 3 nitrogen and oxygen atoms in total. The normalized spacial score (nSPS) is 56.4. The average Bonchev–Trinajstić information content (AvgIpc) is 2.77. The van der Waals surface area contributed by atoms with Gasteiger partial charge in [-0.25, -0.2) is 0 Å². The first-order chi connectivity index (χ1) is 15.7. The minimum atomic E-state index is -0.379. The standard InChI is InChI=1S/C31H52O3/c1-26(2)17-21-20-9-10-23-28(4)13-12-24(33)29(5,19-32)22(28)11-14-31(23,7)30(20,6)16-15-27(21,3)25(18-26)34-8/h9,21-25,32-33H,10-19H2,1-8H3/t21-,22?,23?,24-,25+,27+,28-,29+,30-,31+/m0/s1. The van der Waals surface area contributed by atoms with E-state index in [0.717, 1.165) is 25.7 Å². The molecule has 0 aromatic carbocycles. The molecule has 4 saturated carbocycles. The number of allylic oxidation sites excluding steroid dienone is 2. The van der Waals surface area contributed by atoms with Crippen LogP contribution in [0.25, 0.3) is 0 Å². The van der Waals surface area contributed by atoms with Crippen LogP contribution in [0, 0.1) is 50.2 Å². The molecule has 0 aromatic heterocycles. The van der Waals surface area contributed by atoms with Gasteiger partial charge in [0.2, 0.25) is 0 Å². The molecule has 34 heavy (non-hydrogen) atoms. The van der Waals surface area contributed by atoms with E-state index in [1.807, 2.05) is 7.11 Å². The van der Waals surface area contributed by atoms with Gasteiger partial charge in [-0.15, -0.1) is 0 Å². The molecule has 0 spiro atoms. The van der Waals surface area contributed by atoms with Crippen LogP contribution in [-0.2, 0) is 4.74 Å². The van der Waals surface area contributed by atoms with E-state index in [4.69, 9.17) is 4.74 Å². The summed E-state index contributed by atoms with van der Waals surface area (Å²) >= 11 is 0. The Morgan fingerprint density at radius 3 is 2.24 bits per heavy atom. The van der Waals surface area contributed by atoms with E-state index in [2.05, 4.69) is 54.5 Å². The van der Waals surface area contributed by atoms with Crippen LogP contribution in [0.1, 0.15) is 106 Å². The second-order valence-electron chi connectivity index (χ2n) is 15.4. The van der Waals surface area contributed by atoms with Gasteiger partial charge < -0.3 is 14.9 Å². The topological polar surface area (TPSA) is 49.7 Å². The smallest absolute Gasteiger partial charge is 0.0635 e. The number of aliphatic hydroxyl groups excluding tert-OH is 2. The molecule has 5 aliphatic carbocycles. The number of hydrogen-bond acceptors (Lipinski definition) is 3. The van der Waals surface area contributed by atoms with Crippen LogP contribution < -0.4 is 0 Å². The van der Waals surface area contributed by atoms with Gasteiger partial charge in [-0.3, -0.25) is 0 Å². The van der Waals surface area contributed by atoms with Crippen LogP contribution >= 0.6 is 0 Å². The van der Waals surface area contributed by atoms with Crippen molar-refractivity contribution in [3.8, 4) is 0 Å². The summed E-state index contributed by atoms with van der Waals surface area (Å²) in [5.74, 6) is 1.62. The van der Waals surface area contributed by atoms with Gasteiger partial charge in [-0.05, 0) is 97.2 Å². The van der Waals surface area contributed by atoms with Crippen molar-refractivity contribution in [1.82, 2.24) is 0 Å². The van der Waals surface area contributed by atoms with Crippen LogP contribution in [0.15, 0.2) is 11.6 Å². The van der Waals surface area contributed by atoms with Crippen molar-refractivity contribution < 1.29 is 14.9 Å². The van der Waals surface area contributed by atoms with E-state index < -0.39 is 0 Å². The first-order valence-electron chi connectivity index (χ1n) is 14.2. The first kappa shape index (κ1) is 25.3. The summed E-state index contributed by atoms with van der Waals surface area (Å²) in [6.45, 7) is 17.5. The van der Waals surface area contributed by atoms with Gasteiger partial charge in [0, 0.05) is 17.9 Å². The van der Waals surface area contributed by atoms with Crippen molar-refractivity contribution in [2.75, 3.05) is 13.7 Å². The fourth-order valence-corrected chi connectivity index (χ4v) is 11.0. The van der Waals surface area contributed by atoms with E-state index in [0.29, 0.717) is 29.3 Å². The predicted molar refractivity (Wildman–Crippen MR) is 138 cm³/mol. The molecule has 0 saturated heterocycles. The number of aliphatic hydroxyl groups is 2. The minimum Gasteiger partial charge on any atom is -0.396 e. The fourth-order valence-electron chi connectivity index (χ4n) is 11.0. The maximum atomic E-state index is 11.0. The van der Waals surface area contributed by atoms with E-state index in [9.17, 15) is 10.2 Å². The highest BCUT2D eigenvalue weighted by atomic mass is 16.5. The summed E-state index contributed by atoms with van der Waals surface area (Å²) in [6.07, 6.45) is 13.1. The lowest BCUT2D eigenvalue weighted by atomic mass is 9.33. The van der Waals surface area contributed by atoms with E-state index in [1.165, 1.54) is 32.1 Å². The van der Waals surface area contributed by atoms with E-state index in [1.54, 1.807) is 5.57 Å². The molecule has 0 bridgehead atoms. The van der Waals surface area contributed by atoms with Gasteiger partial charge in [0.05, 0.1) is 18.8 Å². The Kier molecular flexibility index (Phi) is 5.63. The van der Waals surface area contributed by atoms with Crippen molar-refractivity contribution >= 4 is 0 Å². The van der Waals surface area contributed by atoms with Gasteiger partial charge in [-0.1, -0.05) is 60.1 Å². The van der Waals surface area contributed by atoms with Crippen LogP contribution in [0.3, 0.4) is 0 Å². The average molecular weight is 473 g/mol. The first-order valence-corrected chi connectivity index (χ1v) is 14.2. The monoisotopic (exact) mass is 472 g/mol. The third kappa shape index (κ3) is 2.99. The van der Waals surface area contributed by atoms with Crippen molar-refractivity contribution in [3.05, 3.63) is 11.6 Å². The lowest BCUT2D eigenvalue weighted by Gasteiger charge is -2.71. The van der Waals surface area contributed by atoms with Crippen molar-refractivity contribution in [2.24, 2.45) is 50.2 Å². The zero-order valence-corrected chi connectivity index (χ0v) is 23.3. The van der Waals surface area contributed by atoms with Crippen LogP contribution in [0.4, 0.5) is 0 Å². The summed E-state index contributed by atoms with van der Waals surface area (Å²) in [7, 11) is 1.94. The molecule has 0 aromatic rings. The summed E-state index contributed by atoms with van der Waals surface area (Å²) in [4.78, 5) is 0. The quantitative estimate of drug-likeness (QED) is 0.436. The Balaban J connectivity index is 1.58. The maximum Gasteiger partial charge on any atom is 0.0635 e. The van der Waals surface area contributed by atoms with Crippen molar-refractivity contribution in [1.29, 1.82) is 0 Å². The molecule has 3 heteroatoms. The fraction of sp³-hybridized carbons (Fsp3) is 0.935. The van der Waals surface area contributed by atoms with Gasteiger partial charge in [0.25, 0.3) is 0 Å². The van der Waals surface area contributed by atoms with E-state index >= 15 is 0 Å². The second kappa shape index (κ2) is 7.57. The van der Waals surface area contributed by atoms with Gasteiger partial charge in [0.1, 0.15) is 0 Å². The van der Waals surface area contributed by atoms with Gasteiger partial charge >= 0.3 is 0 Å². The number of fused-ring (bicyclic) bond motifs is 7. The Labute approximate surface area is 209 Å². The zero-order chi connectivity index (χ0) is 24.9. The molecular formula is C31H52O3. The third-order valence-electron chi connectivity index (χ3n) is 13.5. The molecule has 10 atom stereocenters. The summed E-state index contributed by atoms with van der Waals surface area (Å²) in [5.41, 5.74) is 2.62. The molecule has 0 aliphatic heterocycles. The van der Waals surface area contributed by atoms with Crippen LogP contribution in [0.5, 0.6) is 0 Å². The zero-order valence-electron chi connectivity index (χ0n) is 23.3. The Hall–Kier alpha value is -0.380. The largest absolute Gasteiger partial charge is 0.396 e. The molecule has 5 rings (SSSR count). The molecule has 2 N–H and O–H groups in total. The molecule has 0 heterocycles. The highest BCUT2D eigenvalue weighted by Gasteiger charge is 2.69. The lowest BCUT2D eigenvalue weighted by Crippen LogP contribution is -2.66. The SMILES string of the molecule is CO[C@@H]1CC(C)(C)C[C@H]2C3=CCC4[C@@]5(C)CC[C@H](O)[C@](C)(CO)C5CC[C@@]4(C)[C@@]3(C)CC[C@@]12C. The molecule has 5 aliphatic rings. The van der Waals surface area contributed by atoms with Gasteiger partial charge in [-0.2, -0.15) is 0 Å². The summed E-state index contributed by atoms with van der Waals surface area (Å²) in [5, 5.41) is 21.4. The number of hydrogen-bond donors (Lipinski definition) is 2. The molecule has 0 amide bonds. The Morgan fingerprint density at radius 2 is 1.59 bits per heavy atom. The highest BCUT2D eigenvalue weighted by Crippen LogP contribution is 2.75. The Morgan fingerprint density at radius 1 is 0.882 bits per heavy atom. The maximum absolute atomic E-state index is 11.0. The van der Waals surface area contributed by atoms with Crippen LogP contribution in [0.2, 0.25) is 0 Å². The molecule has 4 fully saturated rings. The summed E-state index contributed by atoms with van der Waals surface area (Å²) in [6, 6.07) is 0. The number of methoxy groups -OCH3 is 1. The van der Waals surface area contributed by atoms with Gasteiger partial charge in [0.15, 0.2) is 0 Å². The minimum absolute atomic E-state index is 0.101. The Bertz CT molecular complexity index is 863. The third-order valence-corrected chi connectivity index (χ3v) is 13.5. The predicted octanol–water partition coefficient (Wildman–Crippen LogP) is 6.77. The van der Waals surface area contributed by atoms with Crippen molar-refractivity contribution in [3.63, 3.8) is 0 Å². The number of rotatable bonds is 2. The number of ether oxygens (including phenoxy) is 1. The van der Waals surface area contributed by atoms with E-state index in [-0.39, 0.29) is 39.8 Å². The van der Waals surface area contributed by atoms with Crippen molar-refractivity contribution in [2.45, 2.75) is 118 Å². The molecular weight excluding hydrogens is 420 g/mol. The highest BCUT2D eigenvalue weighted by molar-refractivity contribution is 5.34. The van der Waals surface area contributed by atoms with Crippen LogP contribution in [-0.4, -0.2) is 36.1 Å². The summed E-state index contributed by atoms with van der Waals surface area (Å²) < 4.78 is 6.20. The second-order valence-corrected chi connectivity index (χ2v) is 15.4. The molecule has 194 valence electrons. The molecule has 0 radical (unpaired) electrons. The molecule has 2 unspecified atom stereocenters.